The van der Waals surface area contributed by atoms with Gasteiger partial charge in [0.05, 0.1) is 0 Å². The van der Waals surface area contributed by atoms with Gasteiger partial charge < -0.3 is 4.79 Å². The van der Waals surface area contributed by atoms with Crippen LogP contribution < -0.4 is 0 Å². The van der Waals surface area contributed by atoms with Crippen molar-refractivity contribution in [1.29, 1.82) is 0 Å². The van der Waals surface area contributed by atoms with Crippen molar-refractivity contribution in [2.45, 2.75) is 251 Å². The van der Waals surface area contributed by atoms with Crippen LogP contribution >= 0.6 is 0 Å². The Kier molecular flexibility index (Phi) is 37.0. The lowest BCUT2D eigenvalue weighted by atomic mass is 10.0. The molecule has 0 N–H and O–H groups in total. The number of rotatable bonds is 38. The standard InChI is InChI=1S/C41H80O2/c1-3-4-5-6-7-8-9-10-16-20-23-26-29-32-35-38-41(43)39-36-33-30-27-24-21-18-15-13-11-12-14-17-19-22-25-28-31-34-37-40(2)42/h3-39H2,1-2H3. The molecule has 0 heterocycles. The fraction of sp³-hybridized carbons (Fsp3) is 0.951. The van der Waals surface area contributed by atoms with Crippen molar-refractivity contribution in [2.75, 3.05) is 0 Å². The molecule has 0 spiro atoms. The molecule has 43 heavy (non-hydrogen) atoms. The Balaban J connectivity index is 3.15. The Bertz CT molecular complexity index is 554. The van der Waals surface area contributed by atoms with Crippen LogP contribution in [-0.2, 0) is 9.59 Å². The fourth-order valence-electron chi connectivity index (χ4n) is 6.52. The molecule has 0 aromatic rings. The van der Waals surface area contributed by atoms with E-state index in [0.717, 1.165) is 38.5 Å². The maximum absolute atomic E-state index is 12.2. The molecule has 0 amide bonds. The second-order valence-electron chi connectivity index (χ2n) is 14.2. The minimum atomic E-state index is 0.343. The van der Waals surface area contributed by atoms with Crippen molar-refractivity contribution in [3.8, 4) is 0 Å². The summed E-state index contributed by atoms with van der Waals surface area (Å²) in [6, 6.07) is 0. The van der Waals surface area contributed by atoms with Gasteiger partial charge in [0.2, 0.25) is 0 Å². The molecule has 0 saturated heterocycles. The van der Waals surface area contributed by atoms with E-state index >= 15 is 0 Å². The number of hydrogen-bond acceptors (Lipinski definition) is 2. The zero-order chi connectivity index (χ0) is 31.3. The van der Waals surface area contributed by atoms with Crippen molar-refractivity contribution in [2.24, 2.45) is 0 Å². The number of carbonyl (C=O) groups excluding carboxylic acids is 2. The predicted molar refractivity (Wildman–Crippen MR) is 192 cm³/mol. The number of ketones is 2. The Hall–Kier alpha value is -0.660. The third kappa shape index (κ3) is 39.3. The molecular weight excluding hydrogens is 524 g/mol. The van der Waals surface area contributed by atoms with E-state index in [1.165, 1.54) is 199 Å². The highest BCUT2D eigenvalue weighted by Gasteiger charge is 2.02. The molecular formula is C41H80O2. The van der Waals surface area contributed by atoms with E-state index in [9.17, 15) is 9.59 Å². The second-order valence-corrected chi connectivity index (χ2v) is 14.2. The van der Waals surface area contributed by atoms with Crippen molar-refractivity contribution >= 4 is 11.6 Å². The van der Waals surface area contributed by atoms with Gasteiger partial charge >= 0.3 is 0 Å². The molecule has 0 aliphatic carbocycles. The van der Waals surface area contributed by atoms with Crippen LogP contribution in [0.2, 0.25) is 0 Å². The summed E-state index contributed by atoms with van der Waals surface area (Å²) in [6.45, 7) is 4.00. The number of hydrogen-bond donors (Lipinski definition) is 0. The van der Waals surface area contributed by atoms with Crippen LogP contribution in [0.5, 0.6) is 0 Å². The Morgan fingerprint density at radius 3 is 0.674 bits per heavy atom. The zero-order valence-corrected chi connectivity index (χ0v) is 30.0. The van der Waals surface area contributed by atoms with Crippen molar-refractivity contribution in [3.05, 3.63) is 0 Å². The molecule has 0 bridgehead atoms. The van der Waals surface area contributed by atoms with Gasteiger partial charge in [-0.2, -0.15) is 0 Å². The SMILES string of the molecule is CCCCCCCCCCCCCCCCCC(=O)CCCCCCCCCCCCCCCCCCCCCC(C)=O. The maximum Gasteiger partial charge on any atom is 0.132 e. The summed E-state index contributed by atoms with van der Waals surface area (Å²) >= 11 is 0. The molecule has 2 nitrogen and oxygen atoms in total. The lowest BCUT2D eigenvalue weighted by molar-refractivity contribution is -0.119. The quantitative estimate of drug-likeness (QED) is 0.0657. The molecule has 0 radical (unpaired) electrons. The average molecular weight is 605 g/mol. The summed E-state index contributed by atoms with van der Waals surface area (Å²) in [5.74, 6) is 0.864. The minimum Gasteiger partial charge on any atom is -0.300 e. The van der Waals surface area contributed by atoms with Crippen molar-refractivity contribution < 1.29 is 9.59 Å². The van der Waals surface area contributed by atoms with E-state index in [-0.39, 0.29) is 0 Å². The van der Waals surface area contributed by atoms with Crippen LogP contribution in [0.3, 0.4) is 0 Å². The van der Waals surface area contributed by atoms with Gasteiger partial charge in [-0.3, -0.25) is 4.79 Å². The largest absolute Gasteiger partial charge is 0.300 e. The molecule has 256 valence electrons. The van der Waals surface area contributed by atoms with Gasteiger partial charge in [-0.05, 0) is 26.2 Å². The van der Waals surface area contributed by atoms with Crippen molar-refractivity contribution in [3.63, 3.8) is 0 Å². The molecule has 0 aliphatic rings. The van der Waals surface area contributed by atoms with Gasteiger partial charge in [-0.15, -0.1) is 0 Å². The van der Waals surface area contributed by atoms with Crippen molar-refractivity contribution in [1.82, 2.24) is 0 Å². The Morgan fingerprint density at radius 1 is 0.279 bits per heavy atom. The lowest BCUT2D eigenvalue weighted by Gasteiger charge is -2.05. The topological polar surface area (TPSA) is 34.1 Å². The average Bonchev–Trinajstić information content (AvgIpc) is 2.99. The minimum absolute atomic E-state index is 0.343. The van der Waals surface area contributed by atoms with E-state index < -0.39 is 0 Å². The third-order valence-corrected chi connectivity index (χ3v) is 9.54. The van der Waals surface area contributed by atoms with Gasteiger partial charge in [0.25, 0.3) is 0 Å². The van der Waals surface area contributed by atoms with Gasteiger partial charge in [0.15, 0.2) is 0 Å². The molecule has 0 aliphatic heterocycles. The summed E-state index contributed by atoms with van der Waals surface area (Å²) in [6.07, 6.45) is 48.9. The highest BCUT2D eigenvalue weighted by molar-refractivity contribution is 5.78. The lowest BCUT2D eigenvalue weighted by Crippen LogP contribution is -1.97. The first-order chi connectivity index (χ1) is 21.2. The van der Waals surface area contributed by atoms with Gasteiger partial charge in [-0.1, -0.05) is 206 Å². The van der Waals surface area contributed by atoms with E-state index in [2.05, 4.69) is 6.92 Å². The highest BCUT2D eigenvalue weighted by Crippen LogP contribution is 2.17. The summed E-state index contributed by atoms with van der Waals surface area (Å²) in [5.41, 5.74) is 0. The molecule has 0 unspecified atom stereocenters. The normalized spacial score (nSPS) is 11.4. The summed E-state index contributed by atoms with van der Waals surface area (Å²) < 4.78 is 0. The molecule has 0 atom stereocenters. The van der Waals surface area contributed by atoms with E-state index in [4.69, 9.17) is 0 Å². The Labute approximate surface area is 272 Å². The van der Waals surface area contributed by atoms with E-state index in [0.29, 0.717) is 11.6 Å². The zero-order valence-electron chi connectivity index (χ0n) is 30.0. The molecule has 0 aromatic carbocycles. The first-order valence-electron chi connectivity index (χ1n) is 20.2. The van der Waals surface area contributed by atoms with E-state index in [1.807, 2.05) is 0 Å². The third-order valence-electron chi connectivity index (χ3n) is 9.54. The molecule has 0 aromatic heterocycles. The number of Topliss-reactive ketones (excluding diaryl/α,β-unsaturated/α-hetero) is 2. The summed E-state index contributed by atoms with van der Waals surface area (Å²) in [5, 5.41) is 0. The fourth-order valence-corrected chi connectivity index (χ4v) is 6.52. The first kappa shape index (κ1) is 42.3. The number of unbranched alkanes of at least 4 members (excludes halogenated alkanes) is 32. The van der Waals surface area contributed by atoms with Gasteiger partial charge in [0.1, 0.15) is 11.6 Å². The highest BCUT2D eigenvalue weighted by atomic mass is 16.1. The van der Waals surface area contributed by atoms with Crippen LogP contribution in [0.15, 0.2) is 0 Å². The van der Waals surface area contributed by atoms with Crippen LogP contribution in [0.25, 0.3) is 0 Å². The Morgan fingerprint density at radius 2 is 0.465 bits per heavy atom. The molecule has 0 rings (SSSR count). The van der Waals surface area contributed by atoms with Crippen LogP contribution in [0.4, 0.5) is 0 Å². The monoisotopic (exact) mass is 605 g/mol. The predicted octanol–water partition coefficient (Wildman–Crippen LogP) is 14.6. The summed E-state index contributed by atoms with van der Waals surface area (Å²) in [7, 11) is 0. The summed E-state index contributed by atoms with van der Waals surface area (Å²) in [4.78, 5) is 23.1. The molecule has 2 heteroatoms. The first-order valence-corrected chi connectivity index (χ1v) is 20.2. The van der Waals surface area contributed by atoms with Crippen LogP contribution in [0, 0.1) is 0 Å². The molecule has 0 fully saturated rings. The molecule has 0 saturated carbocycles. The smallest absolute Gasteiger partial charge is 0.132 e. The van der Waals surface area contributed by atoms with Crippen LogP contribution in [-0.4, -0.2) is 11.6 Å². The van der Waals surface area contributed by atoms with E-state index in [1.54, 1.807) is 6.92 Å². The van der Waals surface area contributed by atoms with Gasteiger partial charge in [-0.25, -0.2) is 0 Å². The number of carbonyl (C=O) groups is 2. The maximum atomic E-state index is 12.2. The second kappa shape index (κ2) is 37.5. The van der Waals surface area contributed by atoms with Crippen LogP contribution in [0.1, 0.15) is 251 Å². The van der Waals surface area contributed by atoms with Gasteiger partial charge in [0, 0.05) is 19.3 Å².